The summed E-state index contributed by atoms with van der Waals surface area (Å²) < 4.78 is 9.08. The van der Waals surface area contributed by atoms with Crippen LogP contribution >= 0.6 is 11.5 Å². The average Bonchev–Trinajstić information content (AvgIpc) is 3.03. The van der Waals surface area contributed by atoms with Crippen LogP contribution in [0.2, 0.25) is 0 Å². The van der Waals surface area contributed by atoms with Crippen molar-refractivity contribution >= 4 is 28.3 Å². The number of aromatic nitrogens is 1. The van der Waals surface area contributed by atoms with Gasteiger partial charge in [0.25, 0.3) is 5.91 Å². The summed E-state index contributed by atoms with van der Waals surface area (Å²) in [4.78, 5) is 12.0. The second-order valence-electron chi connectivity index (χ2n) is 4.52. The highest BCUT2D eigenvalue weighted by Gasteiger charge is 2.27. The number of nitrogens with two attached hydrogens (primary N) is 1. The van der Waals surface area contributed by atoms with E-state index in [0.717, 1.165) is 12.8 Å². The molecular weight excluding hydrogens is 252 g/mol. The molecule has 1 aromatic heterocycles. The van der Waals surface area contributed by atoms with Gasteiger partial charge in [-0.2, -0.15) is 4.37 Å². The van der Waals surface area contributed by atoms with Crippen molar-refractivity contribution in [3.63, 3.8) is 0 Å². The summed E-state index contributed by atoms with van der Waals surface area (Å²) in [5.41, 5.74) is 6.21. The smallest absolute Gasteiger partial charge is 0.258 e. The number of hydrogen-bond acceptors (Lipinski definition) is 6. The number of rotatable bonds is 6. The van der Waals surface area contributed by atoms with E-state index in [4.69, 9.17) is 10.5 Å². The average molecular weight is 270 g/mol. The maximum absolute atomic E-state index is 12.0. The maximum Gasteiger partial charge on any atom is 0.258 e. The zero-order valence-electron chi connectivity index (χ0n) is 10.5. The molecule has 0 radical (unpaired) electrons. The summed E-state index contributed by atoms with van der Waals surface area (Å²) in [6.07, 6.45) is 2.10. The third-order valence-electron chi connectivity index (χ3n) is 2.65. The Bertz CT molecular complexity index is 431. The fourth-order valence-electron chi connectivity index (χ4n) is 1.62. The number of nitrogens with zero attached hydrogens (tertiary/aromatic N) is 1. The van der Waals surface area contributed by atoms with Gasteiger partial charge in [-0.1, -0.05) is 0 Å². The fourth-order valence-corrected chi connectivity index (χ4v) is 2.44. The first-order valence-corrected chi connectivity index (χ1v) is 6.70. The molecule has 0 aromatic carbocycles. The quantitative estimate of drug-likeness (QED) is 0.719. The van der Waals surface area contributed by atoms with Gasteiger partial charge in [0.05, 0.1) is 6.61 Å². The molecule has 1 fully saturated rings. The summed E-state index contributed by atoms with van der Waals surface area (Å²) in [6.45, 7) is 2.53. The minimum atomic E-state index is -0.143. The van der Waals surface area contributed by atoms with Crippen molar-refractivity contribution in [3.05, 3.63) is 5.56 Å². The summed E-state index contributed by atoms with van der Waals surface area (Å²) >= 11 is 1.20. The number of ether oxygens (including phenoxy) is 1. The van der Waals surface area contributed by atoms with Gasteiger partial charge in [0.15, 0.2) is 5.82 Å². The Balaban J connectivity index is 2.07. The first-order chi connectivity index (χ1) is 8.61. The lowest BCUT2D eigenvalue weighted by Gasteiger charge is -2.13. The van der Waals surface area contributed by atoms with Crippen molar-refractivity contribution in [1.82, 2.24) is 9.69 Å². The number of nitrogens with one attached hydrogen (secondary N) is 2. The van der Waals surface area contributed by atoms with Crippen LogP contribution < -0.4 is 16.4 Å². The highest BCUT2D eigenvalue weighted by Crippen LogP contribution is 2.28. The van der Waals surface area contributed by atoms with E-state index in [1.807, 2.05) is 6.92 Å². The second kappa shape index (κ2) is 5.53. The molecule has 0 bridgehead atoms. The lowest BCUT2D eigenvalue weighted by Crippen LogP contribution is -2.28. The number of amides is 1. The molecule has 1 heterocycles. The summed E-state index contributed by atoms with van der Waals surface area (Å²) in [6, 6.07) is 0.406. The lowest BCUT2D eigenvalue weighted by molar-refractivity contribution is 0.0953. The molecular formula is C11H18N4O2S. The molecule has 18 heavy (non-hydrogen) atoms. The number of hydrogen-bond donors (Lipinski definition) is 3. The van der Waals surface area contributed by atoms with Crippen LogP contribution in [0.15, 0.2) is 0 Å². The highest BCUT2D eigenvalue weighted by atomic mass is 32.1. The van der Waals surface area contributed by atoms with Crippen LogP contribution in [0.25, 0.3) is 0 Å². The number of anilines is 2. The third kappa shape index (κ3) is 3.11. The molecule has 6 nitrogen and oxygen atoms in total. The van der Waals surface area contributed by atoms with Crippen LogP contribution in [0.3, 0.4) is 0 Å². The van der Waals surface area contributed by atoms with Gasteiger partial charge in [-0.05, 0) is 31.3 Å². The van der Waals surface area contributed by atoms with Gasteiger partial charge >= 0.3 is 0 Å². The van der Waals surface area contributed by atoms with E-state index in [1.54, 1.807) is 7.11 Å². The topological polar surface area (TPSA) is 89.3 Å². The number of carbonyl (C=O) groups is 1. The summed E-state index contributed by atoms with van der Waals surface area (Å²) in [7, 11) is 1.64. The number of methoxy groups -OCH3 is 1. The summed E-state index contributed by atoms with van der Waals surface area (Å²) in [5.74, 6) is 0.140. The first kappa shape index (κ1) is 13.1. The molecule has 1 saturated carbocycles. The molecule has 1 aromatic rings. The molecule has 100 valence electrons. The van der Waals surface area contributed by atoms with E-state index >= 15 is 0 Å². The molecule has 0 spiro atoms. The van der Waals surface area contributed by atoms with Crippen LogP contribution in [0.1, 0.15) is 30.1 Å². The van der Waals surface area contributed by atoms with Gasteiger partial charge in [0, 0.05) is 19.2 Å². The van der Waals surface area contributed by atoms with Crippen molar-refractivity contribution < 1.29 is 9.53 Å². The van der Waals surface area contributed by atoms with E-state index in [1.165, 1.54) is 11.5 Å². The van der Waals surface area contributed by atoms with Crippen LogP contribution in [0.4, 0.5) is 10.8 Å². The second-order valence-corrected chi connectivity index (χ2v) is 5.29. The Kier molecular flexibility index (Phi) is 4.03. The van der Waals surface area contributed by atoms with E-state index in [0.29, 0.717) is 23.2 Å². The first-order valence-electron chi connectivity index (χ1n) is 5.93. The monoisotopic (exact) mass is 270 g/mol. The van der Waals surface area contributed by atoms with Crippen LogP contribution in [-0.2, 0) is 4.74 Å². The zero-order valence-corrected chi connectivity index (χ0v) is 11.3. The normalized spacial score (nSPS) is 16.3. The van der Waals surface area contributed by atoms with Gasteiger partial charge in [-0.3, -0.25) is 4.79 Å². The van der Waals surface area contributed by atoms with E-state index in [2.05, 4.69) is 15.0 Å². The van der Waals surface area contributed by atoms with Crippen molar-refractivity contribution in [3.8, 4) is 0 Å². The Hall–Kier alpha value is -1.34. The Morgan fingerprint density at radius 2 is 2.39 bits per heavy atom. The standard InChI is InChI=1S/C11H18N4O2S/c1-6(5-17-2)13-11-8(9(12)15-18-11)10(16)14-7-3-4-7/h6-7,13H,3-5H2,1-2H3,(H2,12,15)(H,14,16). The molecule has 1 atom stereocenters. The number of nitrogen functional groups attached to an aromatic ring is 1. The van der Waals surface area contributed by atoms with Gasteiger partial charge < -0.3 is 21.1 Å². The molecule has 4 N–H and O–H groups in total. The van der Waals surface area contributed by atoms with E-state index < -0.39 is 0 Å². The lowest BCUT2D eigenvalue weighted by atomic mass is 10.2. The molecule has 1 amide bonds. The Labute approximate surface area is 110 Å². The number of carbonyl (C=O) groups excluding carboxylic acids is 1. The van der Waals surface area contributed by atoms with Gasteiger partial charge in [0.1, 0.15) is 10.6 Å². The molecule has 1 aliphatic carbocycles. The summed E-state index contributed by atoms with van der Waals surface area (Å²) in [5, 5.41) is 6.82. The van der Waals surface area contributed by atoms with Crippen molar-refractivity contribution in [1.29, 1.82) is 0 Å². The van der Waals surface area contributed by atoms with Crippen molar-refractivity contribution in [2.75, 3.05) is 24.8 Å². The third-order valence-corrected chi connectivity index (χ3v) is 3.44. The molecule has 0 saturated heterocycles. The molecule has 1 aliphatic rings. The molecule has 7 heteroatoms. The minimum Gasteiger partial charge on any atom is -0.383 e. The zero-order chi connectivity index (χ0) is 13.1. The fraction of sp³-hybridized carbons (Fsp3) is 0.636. The predicted octanol–water partition coefficient (Wildman–Crippen LogP) is 1.06. The van der Waals surface area contributed by atoms with E-state index in [-0.39, 0.29) is 17.8 Å². The van der Waals surface area contributed by atoms with Crippen LogP contribution in [-0.4, -0.2) is 36.1 Å². The van der Waals surface area contributed by atoms with Gasteiger partial charge in [-0.25, -0.2) is 0 Å². The molecule has 1 unspecified atom stereocenters. The molecule has 2 rings (SSSR count). The van der Waals surface area contributed by atoms with Gasteiger partial charge in [-0.15, -0.1) is 0 Å². The van der Waals surface area contributed by atoms with Gasteiger partial charge in [0.2, 0.25) is 0 Å². The predicted molar refractivity (Wildman–Crippen MR) is 72.0 cm³/mol. The Morgan fingerprint density at radius 3 is 3.00 bits per heavy atom. The van der Waals surface area contributed by atoms with E-state index in [9.17, 15) is 4.79 Å². The highest BCUT2D eigenvalue weighted by molar-refractivity contribution is 7.11. The SMILES string of the molecule is COCC(C)Nc1snc(N)c1C(=O)NC1CC1. The molecule has 0 aliphatic heterocycles. The van der Waals surface area contributed by atoms with Crippen molar-refractivity contribution in [2.45, 2.75) is 31.8 Å². The largest absolute Gasteiger partial charge is 0.383 e. The minimum absolute atomic E-state index is 0.0994. The van der Waals surface area contributed by atoms with Crippen molar-refractivity contribution in [2.24, 2.45) is 0 Å². The maximum atomic E-state index is 12.0. The van der Waals surface area contributed by atoms with Crippen LogP contribution in [0.5, 0.6) is 0 Å². The Morgan fingerprint density at radius 1 is 1.67 bits per heavy atom. The van der Waals surface area contributed by atoms with Crippen LogP contribution in [0, 0.1) is 0 Å².